The van der Waals surface area contributed by atoms with Crippen LogP contribution in [0.4, 0.5) is 13.2 Å². The van der Waals surface area contributed by atoms with Crippen LogP contribution in [0.25, 0.3) is 0 Å². The van der Waals surface area contributed by atoms with Crippen LogP contribution in [0.15, 0.2) is 30.3 Å². The van der Waals surface area contributed by atoms with E-state index >= 15 is 0 Å². The Morgan fingerprint density at radius 2 is 1.82 bits per heavy atom. The SMILES string of the molecule is Cc1nc(C(F)(F)F)ccc1C(=O)Oc1ccc(Cl)c(Cl)c1. The van der Waals surface area contributed by atoms with Gasteiger partial charge in [-0.1, -0.05) is 23.2 Å². The second-order valence-corrected chi connectivity index (χ2v) is 5.11. The fourth-order valence-electron chi connectivity index (χ4n) is 1.64. The molecule has 116 valence electrons. The number of pyridine rings is 1. The van der Waals surface area contributed by atoms with E-state index in [4.69, 9.17) is 27.9 Å². The van der Waals surface area contributed by atoms with Crippen molar-refractivity contribution in [3.63, 3.8) is 0 Å². The van der Waals surface area contributed by atoms with Crippen molar-refractivity contribution in [3.8, 4) is 5.75 Å². The molecular weight excluding hydrogens is 342 g/mol. The van der Waals surface area contributed by atoms with E-state index in [0.29, 0.717) is 0 Å². The standard InChI is InChI=1S/C14H8Cl2F3NO2/c1-7-9(3-5-12(20-7)14(17,18)19)13(21)22-8-2-4-10(15)11(16)6-8/h2-6H,1H3. The van der Waals surface area contributed by atoms with Gasteiger partial charge in [0, 0.05) is 6.07 Å². The molecule has 3 nitrogen and oxygen atoms in total. The normalized spacial score (nSPS) is 11.4. The van der Waals surface area contributed by atoms with Crippen molar-refractivity contribution in [2.75, 3.05) is 0 Å². The Bertz CT molecular complexity index is 733. The molecule has 1 aromatic carbocycles. The van der Waals surface area contributed by atoms with Gasteiger partial charge in [0.2, 0.25) is 0 Å². The molecule has 22 heavy (non-hydrogen) atoms. The summed E-state index contributed by atoms with van der Waals surface area (Å²) in [5.74, 6) is -0.712. The molecule has 0 fully saturated rings. The molecule has 0 N–H and O–H groups in total. The topological polar surface area (TPSA) is 39.2 Å². The van der Waals surface area contributed by atoms with Crippen LogP contribution in [0.1, 0.15) is 21.7 Å². The van der Waals surface area contributed by atoms with Crippen LogP contribution < -0.4 is 4.74 Å². The molecule has 0 aliphatic carbocycles. The summed E-state index contributed by atoms with van der Waals surface area (Å²) in [5.41, 5.74) is -1.23. The molecule has 0 aliphatic heterocycles. The number of hydrogen-bond donors (Lipinski definition) is 0. The summed E-state index contributed by atoms with van der Waals surface area (Å²) in [5, 5.41) is 0.475. The molecule has 1 heterocycles. The van der Waals surface area contributed by atoms with Crippen LogP contribution in [0.5, 0.6) is 5.75 Å². The molecule has 0 saturated carbocycles. The number of ether oxygens (including phenoxy) is 1. The number of aryl methyl sites for hydroxylation is 1. The van der Waals surface area contributed by atoms with E-state index < -0.39 is 17.8 Å². The average Bonchev–Trinajstić information content (AvgIpc) is 2.41. The van der Waals surface area contributed by atoms with Crippen LogP contribution in [0.2, 0.25) is 10.0 Å². The Labute approximate surface area is 133 Å². The van der Waals surface area contributed by atoms with E-state index in [1.165, 1.54) is 25.1 Å². The lowest BCUT2D eigenvalue weighted by Gasteiger charge is -2.10. The molecule has 0 unspecified atom stereocenters. The number of aromatic nitrogens is 1. The van der Waals surface area contributed by atoms with Crippen LogP contribution in [-0.4, -0.2) is 11.0 Å². The van der Waals surface area contributed by atoms with Crippen molar-refractivity contribution in [3.05, 3.63) is 57.3 Å². The number of nitrogens with zero attached hydrogens (tertiary/aromatic N) is 1. The molecule has 0 saturated heterocycles. The first kappa shape index (κ1) is 16.6. The Hall–Kier alpha value is -1.79. The minimum Gasteiger partial charge on any atom is -0.423 e. The van der Waals surface area contributed by atoms with E-state index in [-0.39, 0.29) is 27.1 Å². The van der Waals surface area contributed by atoms with Gasteiger partial charge in [-0.05, 0) is 31.2 Å². The lowest BCUT2D eigenvalue weighted by Crippen LogP contribution is -2.14. The number of alkyl halides is 3. The van der Waals surface area contributed by atoms with Crippen molar-refractivity contribution in [1.29, 1.82) is 0 Å². The van der Waals surface area contributed by atoms with Gasteiger partial charge >= 0.3 is 12.1 Å². The zero-order valence-electron chi connectivity index (χ0n) is 11.0. The van der Waals surface area contributed by atoms with Crippen LogP contribution in [0.3, 0.4) is 0 Å². The van der Waals surface area contributed by atoms with E-state index in [2.05, 4.69) is 4.98 Å². The molecule has 0 aliphatic rings. The van der Waals surface area contributed by atoms with Crippen molar-refractivity contribution < 1.29 is 22.7 Å². The lowest BCUT2D eigenvalue weighted by atomic mass is 10.2. The summed E-state index contributed by atoms with van der Waals surface area (Å²) >= 11 is 11.5. The first-order valence-electron chi connectivity index (χ1n) is 5.90. The highest BCUT2D eigenvalue weighted by Crippen LogP contribution is 2.29. The number of rotatable bonds is 2. The Balaban J connectivity index is 2.24. The number of carbonyl (C=O) groups excluding carboxylic acids is 1. The van der Waals surface area contributed by atoms with Gasteiger partial charge in [0.05, 0.1) is 21.3 Å². The van der Waals surface area contributed by atoms with Crippen molar-refractivity contribution >= 4 is 29.2 Å². The summed E-state index contributed by atoms with van der Waals surface area (Å²) < 4.78 is 42.6. The lowest BCUT2D eigenvalue weighted by molar-refractivity contribution is -0.141. The maximum absolute atomic E-state index is 12.5. The van der Waals surface area contributed by atoms with E-state index in [1.807, 2.05) is 0 Å². The molecule has 2 rings (SSSR count). The summed E-state index contributed by atoms with van der Waals surface area (Å²) in [6, 6.07) is 5.92. The van der Waals surface area contributed by atoms with E-state index in [1.54, 1.807) is 0 Å². The van der Waals surface area contributed by atoms with Crippen molar-refractivity contribution in [2.45, 2.75) is 13.1 Å². The maximum Gasteiger partial charge on any atom is 0.433 e. The summed E-state index contributed by atoms with van der Waals surface area (Å²) in [7, 11) is 0. The first-order chi connectivity index (χ1) is 10.2. The smallest absolute Gasteiger partial charge is 0.423 e. The summed E-state index contributed by atoms with van der Waals surface area (Å²) in [6.07, 6.45) is -4.57. The third kappa shape index (κ3) is 3.69. The third-order valence-corrected chi connectivity index (χ3v) is 3.44. The van der Waals surface area contributed by atoms with Gasteiger partial charge in [-0.15, -0.1) is 0 Å². The predicted octanol–water partition coefficient (Wildman–Crippen LogP) is 4.93. The fourth-order valence-corrected chi connectivity index (χ4v) is 1.93. The number of esters is 1. The minimum atomic E-state index is -4.57. The summed E-state index contributed by atoms with van der Waals surface area (Å²) in [4.78, 5) is 15.3. The van der Waals surface area contributed by atoms with Crippen molar-refractivity contribution in [1.82, 2.24) is 4.98 Å². The second-order valence-electron chi connectivity index (χ2n) is 4.29. The van der Waals surface area contributed by atoms with Crippen LogP contribution in [0, 0.1) is 6.92 Å². The second kappa shape index (κ2) is 6.14. The van der Waals surface area contributed by atoms with Gasteiger partial charge in [0.25, 0.3) is 0 Å². The molecule has 0 amide bonds. The van der Waals surface area contributed by atoms with Crippen LogP contribution in [-0.2, 0) is 6.18 Å². The molecule has 0 spiro atoms. The maximum atomic E-state index is 12.5. The number of benzene rings is 1. The van der Waals surface area contributed by atoms with Gasteiger partial charge in [-0.25, -0.2) is 9.78 Å². The molecular formula is C14H8Cl2F3NO2. The molecule has 2 aromatic rings. The number of halogens is 5. The number of hydrogen-bond acceptors (Lipinski definition) is 3. The fraction of sp³-hybridized carbons (Fsp3) is 0.143. The average molecular weight is 350 g/mol. The quantitative estimate of drug-likeness (QED) is 0.569. The minimum absolute atomic E-state index is 0.0703. The predicted molar refractivity (Wildman–Crippen MR) is 75.4 cm³/mol. The van der Waals surface area contributed by atoms with Crippen molar-refractivity contribution in [2.24, 2.45) is 0 Å². The van der Waals surface area contributed by atoms with E-state index in [0.717, 1.165) is 12.1 Å². The number of carbonyl (C=O) groups is 1. The Morgan fingerprint density at radius 1 is 1.14 bits per heavy atom. The van der Waals surface area contributed by atoms with Crippen LogP contribution >= 0.6 is 23.2 Å². The Morgan fingerprint density at radius 3 is 2.36 bits per heavy atom. The molecule has 8 heteroatoms. The molecule has 0 bridgehead atoms. The van der Waals surface area contributed by atoms with Gasteiger partial charge in [0.1, 0.15) is 11.4 Å². The Kier molecular flexibility index (Phi) is 4.63. The van der Waals surface area contributed by atoms with E-state index in [9.17, 15) is 18.0 Å². The molecule has 0 atom stereocenters. The third-order valence-electron chi connectivity index (χ3n) is 2.70. The van der Waals surface area contributed by atoms with Gasteiger partial charge < -0.3 is 4.74 Å². The highest BCUT2D eigenvalue weighted by atomic mass is 35.5. The largest absolute Gasteiger partial charge is 0.433 e. The zero-order valence-corrected chi connectivity index (χ0v) is 12.6. The highest BCUT2D eigenvalue weighted by molar-refractivity contribution is 6.42. The summed E-state index contributed by atoms with van der Waals surface area (Å²) in [6.45, 7) is 1.29. The van der Waals surface area contributed by atoms with Gasteiger partial charge in [-0.3, -0.25) is 0 Å². The molecule has 0 radical (unpaired) electrons. The van der Waals surface area contributed by atoms with Gasteiger partial charge in [0.15, 0.2) is 0 Å². The first-order valence-corrected chi connectivity index (χ1v) is 6.66. The molecule has 1 aromatic heterocycles. The monoisotopic (exact) mass is 349 g/mol. The highest BCUT2D eigenvalue weighted by Gasteiger charge is 2.33. The van der Waals surface area contributed by atoms with Gasteiger partial charge in [-0.2, -0.15) is 13.2 Å². The zero-order chi connectivity index (χ0) is 16.5.